The third-order valence-electron chi connectivity index (χ3n) is 3.40. The molecule has 2 nitrogen and oxygen atoms in total. The van der Waals surface area contributed by atoms with E-state index in [0.717, 1.165) is 35.5 Å². The van der Waals surface area contributed by atoms with Gasteiger partial charge in [0.1, 0.15) is 5.82 Å². The van der Waals surface area contributed by atoms with Crippen LogP contribution in [0.1, 0.15) is 11.1 Å². The maximum absolute atomic E-state index is 13.4. The molecule has 0 saturated heterocycles. The smallest absolute Gasteiger partial charge is 0.125 e. The highest BCUT2D eigenvalue weighted by atomic mass is 19.1. The Morgan fingerprint density at radius 1 is 1.11 bits per heavy atom. The molecule has 0 bridgehead atoms. The van der Waals surface area contributed by atoms with Crippen LogP contribution in [0.15, 0.2) is 42.5 Å². The Kier molecular flexibility index (Phi) is 2.76. The van der Waals surface area contributed by atoms with Crippen molar-refractivity contribution in [2.24, 2.45) is 0 Å². The van der Waals surface area contributed by atoms with Crippen molar-refractivity contribution in [2.45, 2.75) is 13.0 Å². The molecule has 2 aromatic rings. The lowest BCUT2D eigenvalue weighted by molar-refractivity contribution is 0.282. The Morgan fingerprint density at radius 2 is 1.94 bits per heavy atom. The Hall–Kier alpha value is -1.87. The molecule has 1 heterocycles. The van der Waals surface area contributed by atoms with Crippen LogP contribution in [-0.4, -0.2) is 11.7 Å². The summed E-state index contributed by atoms with van der Waals surface area (Å²) in [6.45, 7) is 0.827. The number of para-hydroxylation sites is 1. The quantitative estimate of drug-likeness (QED) is 0.876. The molecule has 0 atom stereocenters. The number of halogens is 1. The number of aliphatic hydroxyl groups is 1. The van der Waals surface area contributed by atoms with E-state index in [0.29, 0.717) is 0 Å². The third-order valence-corrected chi connectivity index (χ3v) is 3.40. The summed E-state index contributed by atoms with van der Waals surface area (Å²) in [5.74, 6) is -0.220. The number of aliphatic hydroxyl groups excluding tert-OH is 1. The van der Waals surface area contributed by atoms with Crippen molar-refractivity contribution < 1.29 is 9.50 Å². The van der Waals surface area contributed by atoms with Gasteiger partial charge < -0.3 is 10.0 Å². The zero-order chi connectivity index (χ0) is 12.5. The van der Waals surface area contributed by atoms with Crippen molar-refractivity contribution in [1.29, 1.82) is 0 Å². The van der Waals surface area contributed by atoms with Crippen LogP contribution >= 0.6 is 0 Å². The van der Waals surface area contributed by atoms with E-state index >= 15 is 0 Å². The second-order valence-corrected chi connectivity index (χ2v) is 4.46. The molecule has 3 heteroatoms. The van der Waals surface area contributed by atoms with Crippen molar-refractivity contribution in [3.05, 3.63) is 59.4 Å². The van der Waals surface area contributed by atoms with Crippen LogP contribution in [0.2, 0.25) is 0 Å². The average Bonchev–Trinajstić information content (AvgIpc) is 2.81. The first-order valence-corrected chi connectivity index (χ1v) is 6.04. The van der Waals surface area contributed by atoms with Crippen LogP contribution in [0.3, 0.4) is 0 Å². The van der Waals surface area contributed by atoms with E-state index in [1.54, 1.807) is 6.07 Å². The second kappa shape index (κ2) is 4.42. The Balaban J connectivity index is 2.08. The molecule has 1 N–H and O–H groups in total. The van der Waals surface area contributed by atoms with Gasteiger partial charge in [-0.2, -0.15) is 0 Å². The minimum Gasteiger partial charge on any atom is -0.392 e. The van der Waals surface area contributed by atoms with Crippen LogP contribution in [0.5, 0.6) is 0 Å². The standard InChI is InChI=1S/C15H14FNO/c16-13-6-5-11-7-8-17(15(11)9-13)14-4-2-1-3-12(14)10-18/h1-6,9,18H,7-8,10H2. The maximum atomic E-state index is 13.4. The van der Waals surface area contributed by atoms with Crippen molar-refractivity contribution in [3.63, 3.8) is 0 Å². The highest BCUT2D eigenvalue weighted by Crippen LogP contribution is 2.36. The molecule has 0 unspecified atom stereocenters. The van der Waals surface area contributed by atoms with Gasteiger partial charge in [0.2, 0.25) is 0 Å². The van der Waals surface area contributed by atoms with Crippen LogP contribution in [-0.2, 0) is 13.0 Å². The number of rotatable bonds is 2. The van der Waals surface area contributed by atoms with Crippen molar-refractivity contribution in [2.75, 3.05) is 11.4 Å². The molecular formula is C15H14FNO. The maximum Gasteiger partial charge on any atom is 0.125 e. The summed E-state index contributed by atoms with van der Waals surface area (Å²) in [7, 11) is 0. The van der Waals surface area contributed by atoms with Crippen LogP contribution in [0.25, 0.3) is 0 Å². The van der Waals surface area contributed by atoms with E-state index in [4.69, 9.17) is 0 Å². The van der Waals surface area contributed by atoms with Crippen LogP contribution < -0.4 is 4.90 Å². The molecule has 0 fully saturated rings. The zero-order valence-electron chi connectivity index (χ0n) is 9.94. The monoisotopic (exact) mass is 243 g/mol. The summed E-state index contributed by atoms with van der Waals surface area (Å²) < 4.78 is 13.4. The van der Waals surface area contributed by atoms with Gasteiger partial charge in [0.15, 0.2) is 0 Å². The molecule has 0 aliphatic carbocycles. The predicted molar refractivity (Wildman–Crippen MR) is 69.5 cm³/mol. The topological polar surface area (TPSA) is 23.5 Å². The summed E-state index contributed by atoms with van der Waals surface area (Å²) >= 11 is 0. The molecule has 0 spiro atoms. The Morgan fingerprint density at radius 3 is 2.78 bits per heavy atom. The summed E-state index contributed by atoms with van der Waals surface area (Å²) in [6.07, 6.45) is 0.912. The van der Waals surface area contributed by atoms with Gasteiger partial charge in [-0.05, 0) is 30.2 Å². The fourth-order valence-electron chi connectivity index (χ4n) is 2.51. The van der Waals surface area contributed by atoms with Gasteiger partial charge in [0.05, 0.1) is 6.61 Å². The Bertz CT molecular complexity index is 582. The van der Waals surface area contributed by atoms with Gasteiger partial charge in [-0.1, -0.05) is 24.3 Å². The van der Waals surface area contributed by atoms with Crippen LogP contribution in [0, 0.1) is 5.82 Å². The lowest BCUT2D eigenvalue weighted by atomic mass is 10.1. The van der Waals surface area contributed by atoms with E-state index in [1.165, 1.54) is 6.07 Å². The van der Waals surface area contributed by atoms with Crippen molar-refractivity contribution in [1.82, 2.24) is 0 Å². The van der Waals surface area contributed by atoms with Gasteiger partial charge in [0.25, 0.3) is 0 Å². The predicted octanol–water partition coefficient (Wildman–Crippen LogP) is 3.01. The highest BCUT2D eigenvalue weighted by Gasteiger charge is 2.22. The molecule has 18 heavy (non-hydrogen) atoms. The summed E-state index contributed by atoms with van der Waals surface area (Å²) in [5.41, 5.74) is 3.90. The molecule has 0 radical (unpaired) electrons. The normalized spacial score (nSPS) is 13.8. The van der Waals surface area contributed by atoms with Crippen LogP contribution in [0.4, 0.5) is 15.8 Å². The van der Waals surface area contributed by atoms with E-state index in [2.05, 4.69) is 4.90 Å². The molecule has 92 valence electrons. The van der Waals surface area contributed by atoms with E-state index in [9.17, 15) is 9.50 Å². The largest absolute Gasteiger partial charge is 0.392 e. The number of fused-ring (bicyclic) bond motifs is 1. The SMILES string of the molecule is OCc1ccccc1N1CCc2ccc(F)cc21. The molecule has 3 rings (SSSR count). The lowest BCUT2D eigenvalue weighted by Crippen LogP contribution is -2.15. The molecule has 2 aromatic carbocycles. The number of hydrogen-bond acceptors (Lipinski definition) is 2. The highest BCUT2D eigenvalue weighted by molar-refractivity contribution is 5.72. The minimum atomic E-state index is -0.220. The molecule has 1 aliphatic rings. The summed E-state index contributed by atoms with van der Waals surface area (Å²) in [5, 5.41) is 9.38. The number of nitrogens with zero attached hydrogens (tertiary/aromatic N) is 1. The fourth-order valence-corrected chi connectivity index (χ4v) is 2.51. The second-order valence-electron chi connectivity index (χ2n) is 4.46. The average molecular weight is 243 g/mol. The van der Waals surface area contributed by atoms with Gasteiger partial charge in [-0.25, -0.2) is 4.39 Å². The Labute approximate surface area is 105 Å². The van der Waals surface area contributed by atoms with E-state index in [1.807, 2.05) is 30.3 Å². The molecule has 0 saturated carbocycles. The van der Waals surface area contributed by atoms with Gasteiger partial charge in [-0.15, -0.1) is 0 Å². The first kappa shape index (κ1) is 11.2. The number of benzene rings is 2. The summed E-state index contributed by atoms with van der Waals surface area (Å²) in [6, 6.07) is 12.6. The first-order chi connectivity index (χ1) is 8.79. The van der Waals surface area contributed by atoms with E-state index in [-0.39, 0.29) is 12.4 Å². The summed E-state index contributed by atoms with van der Waals surface area (Å²) in [4.78, 5) is 2.07. The first-order valence-electron chi connectivity index (χ1n) is 6.04. The molecular weight excluding hydrogens is 229 g/mol. The zero-order valence-corrected chi connectivity index (χ0v) is 9.94. The minimum absolute atomic E-state index is 0.00266. The third kappa shape index (κ3) is 1.77. The number of hydrogen-bond donors (Lipinski definition) is 1. The molecule has 0 amide bonds. The van der Waals surface area contributed by atoms with Crippen molar-refractivity contribution >= 4 is 11.4 Å². The molecule has 1 aliphatic heterocycles. The van der Waals surface area contributed by atoms with Gasteiger partial charge in [-0.3, -0.25) is 0 Å². The van der Waals surface area contributed by atoms with E-state index < -0.39 is 0 Å². The van der Waals surface area contributed by atoms with Crippen molar-refractivity contribution in [3.8, 4) is 0 Å². The van der Waals surface area contributed by atoms with Gasteiger partial charge in [0, 0.05) is 23.5 Å². The lowest BCUT2D eigenvalue weighted by Gasteiger charge is -2.22. The van der Waals surface area contributed by atoms with Gasteiger partial charge >= 0.3 is 0 Å². The number of anilines is 2. The fraction of sp³-hybridized carbons (Fsp3) is 0.200. The molecule has 0 aromatic heterocycles.